The van der Waals surface area contributed by atoms with Crippen molar-refractivity contribution >= 4 is 17.3 Å². The smallest absolute Gasteiger partial charge is 0.257 e. The summed E-state index contributed by atoms with van der Waals surface area (Å²) in [6.45, 7) is 0. The van der Waals surface area contributed by atoms with E-state index in [1.165, 1.54) is 18.2 Å². The minimum absolute atomic E-state index is 0.0513. The third-order valence-electron chi connectivity index (χ3n) is 2.68. The molecule has 0 unspecified atom stereocenters. The number of rotatable bonds is 3. The Balaban J connectivity index is 2.41. The van der Waals surface area contributed by atoms with Gasteiger partial charge in [0.25, 0.3) is 5.91 Å². The van der Waals surface area contributed by atoms with Crippen molar-refractivity contribution in [3.8, 4) is 0 Å². The van der Waals surface area contributed by atoms with E-state index < -0.39 is 34.9 Å². The molecule has 2 aromatic carbocycles. The minimum Gasteiger partial charge on any atom is -0.323 e. The van der Waals surface area contributed by atoms with Gasteiger partial charge < -0.3 is 10.7 Å². The Morgan fingerprint density at radius 3 is 2.14 bits per heavy atom. The number of hydrogen-bond donors (Lipinski definition) is 3. The Hall–Kier alpha value is -2.61. The summed E-state index contributed by atoms with van der Waals surface area (Å²) in [6.07, 6.45) is 0. The van der Waals surface area contributed by atoms with Crippen LogP contribution in [0.25, 0.3) is 0 Å². The molecule has 2 rings (SSSR count). The predicted octanol–water partition coefficient (Wildman–Crippen LogP) is 2.78. The van der Waals surface area contributed by atoms with E-state index >= 15 is 0 Å². The monoisotopic (exact) mass is 299 g/mol. The van der Waals surface area contributed by atoms with Crippen LogP contribution in [0, 0.1) is 23.3 Å². The van der Waals surface area contributed by atoms with Gasteiger partial charge in [0.1, 0.15) is 5.69 Å². The van der Waals surface area contributed by atoms with Crippen molar-refractivity contribution in [3.63, 3.8) is 0 Å². The Kier molecular flexibility index (Phi) is 4.08. The van der Waals surface area contributed by atoms with Crippen molar-refractivity contribution in [2.45, 2.75) is 0 Å². The molecule has 0 saturated carbocycles. The van der Waals surface area contributed by atoms with E-state index in [4.69, 9.17) is 5.84 Å². The molecule has 1 amide bonds. The van der Waals surface area contributed by atoms with Crippen LogP contribution >= 0.6 is 0 Å². The maximum absolute atomic E-state index is 13.5. The van der Waals surface area contributed by atoms with Gasteiger partial charge in [-0.25, -0.2) is 17.6 Å². The zero-order valence-electron chi connectivity index (χ0n) is 10.4. The molecule has 8 heteroatoms. The standard InChI is InChI=1S/C13H9F4N3O/c14-7-5-8(15)11(17)12(10(7)16)19-13(21)6-3-1-2-4-9(6)20-18/h1-5,20H,18H2,(H,19,21). The molecule has 2 aromatic rings. The molecular formula is C13H9F4N3O. The topological polar surface area (TPSA) is 67.1 Å². The Bertz CT molecular complexity index is 680. The van der Waals surface area contributed by atoms with Gasteiger partial charge in [0, 0.05) is 6.07 Å². The largest absolute Gasteiger partial charge is 0.323 e. The van der Waals surface area contributed by atoms with E-state index in [0.717, 1.165) is 0 Å². The van der Waals surface area contributed by atoms with Gasteiger partial charge >= 0.3 is 0 Å². The Morgan fingerprint density at radius 2 is 1.57 bits per heavy atom. The number of benzene rings is 2. The predicted molar refractivity (Wildman–Crippen MR) is 68.5 cm³/mol. The van der Waals surface area contributed by atoms with Gasteiger partial charge in [-0.05, 0) is 12.1 Å². The molecule has 0 atom stereocenters. The van der Waals surface area contributed by atoms with Crippen LogP contribution < -0.4 is 16.6 Å². The fourth-order valence-electron chi connectivity index (χ4n) is 1.67. The molecule has 0 radical (unpaired) electrons. The van der Waals surface area contributed by atoms with E-state index in [0.29, 0.717) is 0 Å². The zero-order valence-corrected chi connectivity index (χ0v) is 10.4. The second kappa shape index (κ2) is 5.80. The highest BCUT2D eigenvalue weighted by Crippen LogP contribution is 2.25. The van der Waals surface area contributed by atoms with Crippen molar-refractivity contribution in [1.29, 1.82) is 0 Å². The van der Waals surface area contributed by atoms with Crippen LogP contribution in [0.15, 0.2) is 30.3 Å². The lowest BCUT2D eigenvalue weighted by molar-refractivity contribution is 0.102. The summed E-state index contributed by atoms with van der Waals surface area (Å²) in [5.74, 6) is -2.41. The number of nitrogens with two attached hydrogens (primary N) is 1. The first-order valence-corrected chi connectivity index (χ1v) is 5.65. The highest BCUT2D eigenvalue weighted by Gasteiger charge is 2.22. The summed E-state index contributed by atoms with van der Waals surface area (Å²) < 4.78 is 53.0. The second-order valence-electron chi connectivity index (χ2n) is 3.99. The Morgan fingerprint density at radius 1 is 1.00 bits per heavy atom. The molecule has 0 aliphatic rings. The summed E-state index contributed by atoms with van der Waals surface area (Å²) >= 11 is 0. The molecule has 0 saturated heterocycles. The molecule has 0 spiro atoms. The number of para-hydroxylation sites is 1. The van der Waals surface area contributed by atoms with E-state index in [1.807, 2.05) is 0 Å². The van der Waals surface area contributed by atoms with Crippen LogP contribution in [0.1, 0.15) is 10.4 Å². The molecule has 110 valence electrons. The second-order valence-corrected chi connectivity index (χ2v) is 3.99. The molecule has 0 aliphatic carbocycles. The highest BCUT2D eigenvalue weighted by molar-refractivity contribution is 6.08. The summed E-state index contributed by atoms with van der Waals surface area (Å²) in [5, 5.41) is 1.79. The van der Waals surface area contributed by atoms with Crippen molar-refractivity contribution in [2.24, 2.45) is 5.84 Å². The van der Waals surface area contributed by atoms with E-state index in [9.17, 15) is 22.4 Å². The van der Waals surface area contributed by atoms with Gasteiger partial charge in [-0.3, -0.25) is 10.6 Å². The maximum atomic E-state index is 13.5. The van der Waals surface area contributed by atoms with Crippen LogP contribution in [0.5, 0.6) is 0 Å². The molecule has 0 heterocycles. The van der Waals surface area contributed by atoms with Gasteiger partial charge in [0.15, 0.2) is 23.3 Å². The normalized spacial score (nSPS) is 10.3. The lowest BCUT2D eigenvalue weighted by atomic mass is 10.1. The molecular weight excluding hydrogens is 290 g/mol. The quantitative estimate of drug-likeness (QED) is 0.353. The third-order valence-corrected chi connectivity index (χ3v) is 2.68. The van der Waals surface area contributed by atoms with Crippen molar-refractivity contribution in [2.75, 3.05) is 10.7 Å². The lowest BCUT2D eigenvalue weighted by Crippen LogP contribution is -2.19. The van der Waals surface area contributed by atoms with Gasteiger partial charge in [0.2, 0.25) is 0 Å². The molecule has 0 bridgehead atoms. The van der Waals surface area contributed by atoms with Gasteiger partial charge in [0.05, 0.1) is 11.3 Å². The third kappa shape index (κ3) is 2.79. The fraction of sp³-hybridized carbons (Fsp3) is 0. The number of hydrazine groups is 1. The van der Waals surface area contributed by atoms with Crippen LogP contribution in [0.4, 0.5) is 28.9 Å². The van der Waals surface area contributed by atoms with Gasteiger partial charge in [-0.15, -0.1) is 0 Å². The number of amides is 1. The summed E-state index contributed by atoms with van der Waals surface area (Å²) in [6, 6.07) is 5.85. The first-order valence-electron chi connectivity index (χ1n) is 5.65. The van der Waals surface area contributed by atoms with E-state index in [2.05, 4.69) is 5.43 Å². The number of anilines is 2. The fourth-order valence-corrected chi connectivity index (χ4v) is 1.67. The number of carbonyl (C=O) groups excluding carboxylic acids is 1. The van der Waals surface area contributed by atoms with Crippen LogP contribution in [-0.2, 0) is 0 Å². The number of nitrogen functional groups attached to an aromatic ring is 1. The summed E-state index contributed by atoms with van der Waals surface area (Å²) in [4.78, 5) is 11.9. The van der Waals surface area contributed by atoms with Crippen LogP contribution in [-0.4, -0.2) is 5.91 Å². The SMILES string of the molecule is NNc1ccccc1C(=O)Nc1c(F)c(F)cc(F)c1F. The average Bonchev–Trinajstić information content (AvgIpc) is 2.49. The van der Waals surface area contributed by atoms with Gasteiger partial charge in [-0.2, -0.15) is 0 Å². The zero-order chi connectivity index (χ0) is 15.6. The molecule has 0 aliphatic heterocycles. The van der Waals surface area contributed by atoms with Crippen LogP contribution in [0.2, 0.25) is 0 Å². The molecule has 0 fully saturated rings. The van der Waals surface area contributed by atoms with Crippen molar-refractivity contribution in [1.82, 2.24) is 0 Å². The number of hydrogen-bond acceptors (Lipinski definition) is 3. The van der Waals surface area contributed by atoms with Gasteiger partial charge in [-0.1, -0.05) is 12.1 Å². The van der Waals surface area contributed by atoms with E-state index in [-0.39, 0.29) is 17.3 Å². The van der Waals surface area contributed by atoms with Crippen molar-refractivity contribution < 1.29 is 22.4 Å². The Labute approximate surface area is 116 Å². The average molecular weight is 299 g/mol. The molecule has 4 nitrogen and oxygen atoms in total. The van der Waals surface area contributed by atoms with E-state index in [1.54, 1.807) is 11.4 Å². The molecule has 4 N–H and O–H groups in total. The lowest BCUT2D eigenvalue weighted by Gasteiger charge is -2.11. The summed E-state index contributed by atoms with van der Waals surface area (Å²) in [5.41, 5.74) is 1.13. The number of nitrogens with one attached hydrogen (secondary N) is 2. The first kappa shape index (κ1) is 14.8. The number of carbonyl (C=O) groups is 1. The number of halogens is 4. The highest BCUT2D eigenvalue weighted by atomic mass is 19.2. The summed E-state index contributed by atoms with van der Waals surface area (Å²) in [7, 11) is 0. The maximum Gasteiger partial charge on any atom is 0.257 e. The first-order chi connectivity index (χ1) is 9.95. The molecule has 0 aromatic heterocycles. The van der Waals surface area contributed by atoms with Crippen molar-refractivity contribution in [3.05, 3.63) is 59.2 Å². The minimum atomic E-state index is -1.69. The molecule has 21 heavy (non-hydrogen) atoms. The van der Waals surface area contributed by atoms with Crippen LogP contribution in [0.3, 0.4) is 0 Å².